The molecule has 1 unspecified atom stereocenters. The Labute approximate surface area is 111 Å². The summed E-state index contributed by atoms with van der Waals surface area (Å²) in [4.78, 5) is 19.7. The minimum atomic E-state index is -0.0902. The van der Waals surface area contributed by atoms with E-state index in [0.717, 1.165) is 36.3 Å². The molecule has 2 N–H and O–H groups in total. The van der Waals surface area contributed by atoms with Gasteiger partial charge < -0.3 is 15.0 Å². The first-order chi connectivity index (χ1) is 9.24. The van der Waals surface area contributed by atoms with E-state index in [4.69, 9.17) is 4.74 Å². The molecule has 100 valence electrons. The maximum absolute atomic E-state index is 12.2. The summed E-state index contributed by atoms with van der Waals surface area (Å²) in [6, 6.07) is 5.58. The van der Waals surface area contributed by atoms with Crippen molar-refractivity contribution in [2.75, 3.05) is 13.2 Å². The number of para-hydroxylation sites is 1. The Balaban J connectivity index is 1.77. The Kier molecular flexibility index (Phi) is 3.21. The van der Waals surface area contributed by atoms with E-state index in [9.17, 15) is 4.79 Å². The predicted molar refractivity (Wildman–Crippen MR) is 72.1 cm³/mol. The molecule has 1 atom stereocenters. The van der Waals surface area contributed by atoms with E-state index in [-0.39, 0.29) is 12.0 Å². The number of rotatable bonds is 3. The van der Waals surface area contributed by atoms with Crippen LogP contribution in [0, 0.1) is 6.92 Å². The molecular weight excluding hydrogens is 242 g/mol. The van der Waals surface area contributed by atoms with Crippen molar-refractivity contribution in [3.05, 3.63) is 29.6 Å². The lowest BCUT2D eigenvalue weighted by Gasteiger charge is -2.10. The fourth-order valence-corrected chi connectivity index (χ4v) is 2.45. The fourth-order valence-electron chi connectivity index (χ4n) is 2.45. The Bertz CT molecular complexity index is 600. The lowest BCUT2D eigenvalue weighted by molar-refractivity contribution is 0.0859. The molecule has 5 heteroatoms. The van der Waals surface area contributed by atoms with Gasteiger partial charge in [-0.2, -0.15) is 0 Å². The molecule has 1 fully saturated rings. The predicted octanol–water partition coefficient (Wildman–Crippen LogP) is 1.78. The topological polar surface area (TPSA) is 67.0 Å². The van der Waals surface area contributed by atoms with Crippen LogP contribution in [-0.2, 0) is 4.74 Å². The van der Waals surface area contributed by atoms with Crippen LogP contribution < -0.4 is 5.32 Å². The first-order valence-corrected chi connectivity index (χ1v) is 6.59. The molecule has 2 aromatic rings. The standard InChI is InChI=1S/C14H17N3O2/c1-9-16-12-6-2-5-11(13(12)17-9)14(18)15-8-10-4-3-7-19-10/h2,5-6,10H,3-4,7-8H2,1H3,(H,15,18)(H,16,17). The van der Waals surface area contributed by atoms with Crippen molar-refractivity contribution in [1.82, 2.24) is 15.3 Å². The third-order valence-corrected chi connectivity index (χ3v) is 3.39. The molecule has 0 spiro atoms. The Morgan fingerprint density at radius 2 is 2.47 bits per heavy atom. The normalized spacial score (nSPS) is 18.9. The third-order valence-electron chi connectivity index (χ3n) is 3.39. The van der Waals surface area contributed by atoms with E-state index in [1.807, 2.05) is 19.1 Å². The van der Waals surface area contributed by atoms with E-state index in [2.05, 4.69) is 15.3 Å². The number of amides is 1. The number of carbonyl (C=O) groups is 1. The number of nitrogens with zero attached hydrogens (tertiary/aromatic N) is 1. The zero-order valence-electron chi connectivity index (χ0n) is 10.9. The molecule has 3 rings (SSSR count). The van der Waals surface area contributed by atoms with E-state index in [1.165, 1.54) is 0 Å². The van der Waals surface area contributed by atoms with Gasteiger partial charge in [0.25, 0.3) is 5.91 Å². The fraction of sp³-hybridized carbons (Fsp3) is 0.429. The van der Waals surface area contributed by atoms with Gasteiger partial charge in [-0.15, -0.1) is 0 Å². The third kappa shape index (κ3) is 2.46. The molecule has 1 amide bonds. The summed E-state index contributed by atoms with van der Waals surface area (Å²) in [5.41, 5.74) is 2.23. The number of aromatic nitrogens is 2. The number of H-pyrrole nitrogens is 1. The van der Waals surface area contributed by atoms with Gasteiger partial charge in [-0.1, -0.05) is 6.07 Å². The van der Waals surface area contributed by atoms with E-state index in [1.54, 1.807) is 6.07 Å². The molecule has 1 aromatic carbocycles. The average molecular weight is 259 g/mol. The maximum Gasteiger partial charge on any atom is 0.253 e. The molecule has 5 nitrogen and oxygen atoms in total. The van der Waals surface area contributed by atoms with Crippen molar-refractivity contribution in [3.63, 3.8) is 0 Å². The highest BCUT2D eigenvalue weighted by Gasteiger charge is 2.18. The number of benzene rings is 1. The van der Waals surface area contributed by atoms with Gasteiger partial charge in [0.05, 0.1) is 17.2 Å². The van der Waals surface area contributed by atoms with Crippen molar-refractivity contribution >= 4 is 16.9 Å². The van der Waals surface area contributed by atoms with Crippen LogP contribution >= 0.6 is 0 Å². The second-order valence-electron chi connectivity index (χ2n) is 4.87. The summed E-state index contributed by atoms with van der Waals surface area (Å²) < 4.78 is 5.49. The van der Waals surface area contributed by atoms with Crippen molar-refractivity contribution in [2.24, 2.45) is 0 Å². The van der Waals surface area contributed by atoms with E-state index >= 15 is 0 Å². The Morgan fingerprint density at radius 1 is 1.58 bits per heavy atom. The number of aromatic amines is 1. The first kappa shape index (κ1) is 12.2. The van der Waals surface area contributed by atoms with Crippen molar-refractivity contribution in [2.45, 2.75) is 25.9 Å². The van der Waals surface area contributed by atoms with Crippen LogP contribution in [0.4, 0.5) is 0 Å². The highest BCUT2D eigenvalue weighted by Crippen LogP contribution is 2.16. The molecule has 0 saturated carbocycles. The van der Waals surface area contributed by atoms with Gasteiger partial charge in [0.2, 0.25) is 0 Å². The number of nitrogens with one attached hydrogen (secondary N) is 2. The molecule has 19 heavy (non-hydrogen) atoms. The lowest BCUT2D eigenvalue weighted by Crippen LogP contribution is -2.31. The van der Waals surface area contributed by atoms with Gasteiger partial charge in [-0.05, 0) is 31.9 Å². The molecular formula is C14H17N3O2. The molecule has 0 aliphatic carbocycles. The molecule has 1 saturated heterocycles. The van der Waals surface area contributed by atoms with Gasteiger partial charge in [0.1, 0.15) is 11.3 Å². The summed E-state index contributed by atoms with van der Waals surface area (Å²) in [6.07, 6.45) is 2.25. The van der Waals surface area contributed by atoms with Crippen LogP contribution in [0.3, 0.4) is 0 Å². The highest BCUT2D eigenvalue weighted by molar-refractivity contribution is 6.04. The van der Waals surface area contributed by atoms with Gasteiger partial charge in [-0.25, -0.2) is 4.98 Å². The van der Waals surface area contributed by atoms with Gasteiger partial charge in [0.15, 0.2) is 0 Å². The smallest absolute Gasteiger partial charge is 0.253 e. The SMILES string of the molecule is Cc1nc2c(C(=O)NCC3CCCO3)cccc2[nH]1. The quantitative estimate of drug-likeness (QED) is 0.883. The highest BCUT2D eigenvalue weighted by atomic mass is 16.5. The molecule has 0 bridgehead atoms. The number of ether oxygens (including phenoxy) is 1. The van der Waals surface area contributed by atoms with Crippen molar-refractivity contribution < 1.29 is 9.53 Å². The van der Waals surface area contributed by atoms with Crippen LogP contribution in [0.15, 0.2) is 18.2 Å². The number of imidazole rings is 1. The van der Waals surface area contributed by atoms with Crippen molar-refractivity contribution in [3.8, 4) is 0 Å². The Morgan fingerprint density at radius 3 is 3.26 bits per heavy atom. The van der Waals surface area contributed by atoms with Gasteiger partial charge in [-0.3, -0.25) is 4.79 Å². The summed E-state index contributed by atoms with van der Waals surface area (Å²) in [6.45, 7) is 3.25. The Hall–Kier alpha value is -1.88. The summed E-state index contributed by atoms with van der Waals surface area (Å²) in [5.74, 6) is 0.724. The van der Waals surface area contributed by atoms with Gasteiger partial charge >= 0.3 is 0 Å². The largest absolute Gasteiger partial charge is 0.376 e. The van der Waals surface area contributed by atoms with Gasteiger partial charge in [0, 0.05) is 13.2 Å². The lowest BCUT2D eigenvalue weighted by atomic mass is 10.1. The second-order valence-corrected chi connectivity index (χ2v) is 4.87. The first-order valence-electron chi connectivity index (χ1n) is 6.59. The minimum absolute atomic E-state index is 0.0902. The molecule has 0 radical (unpaired) electrons. The maximum atomic E-state index is 12.2. The molecule has 1 aromatic heterocycles. The monoisotopic (exact) mass is 259 g/mol. The zero-order chi connectivity index (χ0) is 13.2. The van der Waals surface area contributed by atoms with Crippen LogP contribution in [-0.4, -0.2) is 35.1 Å². The molecule has 1 aliphatic heterocycles. The van der Waals surface area contributed by atoms with Crippen LogP contribution in [0.1, 0.15) is 29.0 Å². The van der Waals surface area contributed by atoms with Crippen LogP contribution in [0.2, 0.25) is 0 Å². The van der Waals surface area contributed by atoms with Crippen molar-refractivity contribution in [1.29, 1.82) is 0 Å². The molecule has 2 heterocycles. The number of hydrogen-bond donors (Lipinski definition) is 2. The van der Waals surface area contributed by atoms with Crippen LogP contribution in [0.5, 0.6) is 0 Å². The number of aryl methyl sites for hydroxylation is 1. The number of carbonyl (C=O) groups excluding carboxylic acids is 1. The second kappa shape index (κ2) is 5.01. The number of fused-ring (bicyclic) bond motifs is 1. The average Bonchev–Trinajstić information content (AvgIpc) is 3.02. The number of hydrogen-bond acceptors (Lipinski definition) is 3. The van der Waals surface area contributed by atoms with E-state index in [0.29, 0.717) is 12.1 Å². The zero-order valence-corrected chi connectivity index (χ0v) is 10.9. The summed E-state index contributed by atoms with van der Waals surface area (Å²) in [5, 5.41) is 2.92. The van der Waals surface area contributed by atoms with Crippen LogP contribution in [0.25, 0.3) is 11.0 Å². The van der Waals surface area contributed by atoms with E-state index < -0.39 is 0 Å². The summed E-state index contributed by atoms with van der Waals surface area (Å²) in [7, 11) is 0. The molecule has 1 aliphatic rings. The summed E-state index contributed by atoms with van der Waals surface area (Å²) >= 11 is 0. The minimum Gasteiger partial charge on any atom is -0.376 e.